The highest BCUT2D eigenvalue weighted by molar-refractivity contribution is 9.10. The van der Waals surface area contributed by atoms with Crippen LogP contribution in [0.1, 0.15) is 0 Å². The quantitative estimate of drug-likeness (QED) is 0.377. The van der Waals surface area contributed by atoms with Gasteiger partial charge in [-0.1, -0.05) is 0 Å². The molecule has 5 rings (SSSR count). The van der Waals surface area contributed by atoms with Crippen molar-refractivity contribution in [3.63, 3.8) is 0 Å². The Morgan fingerprint density at radius 2 is 1.76 bits per heavy atom. The van der Waals surface area contributed by atoms with Crippen LogP contribution >= 0.6 is 15.9 Å². The van der Waals surface area contributed by atoms with Crippen LogP contribution < -0.4 is 20.1 Å². The van der Waals surface area contributed by atoms with Crippen LogP contribution in [-0.4, -0.2) is 58.2 Å². The summed E-state index contributed by atoms with van der Waals surface area (Å²) >= 11 is 3.41. The second kappa shape index (κ2) is 9.16. The third-order valence-corrected chi connectivity index (χ3v) is 5.60. The molecular weight excluding hydrogens is 486 g/mol. The number of hydrogen-bond acceptors (Lipinski definition) is 9. The van der Waals surface area contributed by atoms with E-state index in [0.29, 0.717) is 17.5 Å². The molecule has 1 aliphatic rings. The average Bonchev–Trinajstić information content (AvgIpc) is 2.79. The molecule has 1 saturated heterocycles. The Kier molecular flexibility index (Phi) is 5.93. The van der Waals surface area contributed by atoms with Gasteiger partial charge in [0.2, 0.25) is 5.95 Å². The summed E-state index contributed by atoms with van der Waals surface area (Å²) in [6.45, 7) is 1.83. The predicted molar refractivity (Wildman–Crippen MR) is 131 cm³/mol. The summed E-state index contributed by atoms with van der Waals surface area (Å²) in [7, 11) is 3.70. The topological polar surface area (TPSA) is 97.3 Å². The van der Waals surface area contributed by atoms with Gasteiger partial charge in [0.15, 0.2) is 11.5 Å². The number of anilines is 4. The number of ether oxygens (including phenoxy) is 2. The molecule has 0 saturated carbocycles. The number of fused-ring (bicyclic) bond motifs is 1. The smallest absolute Gasteiger partial charge is 0.229 e. The van der Waals surface area contributed by atoms with E-state index in [9.17, 15) is 0 Å². The Hall–Kier alpha value is -3.50. The molecule has 4 heterocycles. The van der Waals surface area contributed by atoms with Crippen molar-refractivity contribution >= 4 is 50.1 Å². The molecule has 33 heavy (non-hydrogen) atoms. The minimum absolute atomic E-state index is 0.190. The molecule has 0 atom stereocenters. The highest BCUT2D eigenvalue weighted by Crippen LogP contribution is 2.33. The minimum atomic E-state index is 0.190. The lowest BCUT2D eigenvalue weighted by atomic mass is 10.2. The standard InChI is InChI=1S/C23H22BrN7O2/c1-31-12-17(13-31)33-20-4-3-15(9-21(20)32-2)29-23-25-6-5-22(30-23)28-16-8-19-18(27-11-16)7-14(24)10-26-19/h3-11,17H,12-13H2,1-2H3,(H2,25,28,29,30). The highest BCUT2D eigenvalue weighted by atomic mass is 79.9. The van der Waals surface area contributed by atoms with Crippen molar-refractivity contribution in [2.45, 2.75) is 6.10 Å². The van der Waals surface area contributed by atoms with E-state index in [-0.39, 0.29) is 6.10 Å². The number of nitrogens with one attached hydrogen (secondary N) is 2. The molecule has 1 fully saturated rings. The Morgan fingerprint density at radius 1 is 0.939 bits per heavy atom. The molecule has 0 radical (unpaired) electrons. The summed E-state index contributed by atoms with van der Waals surface area (Å²) in [5.74, 6) is 2.46. The van der Waals surface area contributed by atoms with Gasteiger partial charge in [-0.25, -0.2) is 4.98 Å². The normalized spacial score (nSPS) is 14.0. The Morgan fingerprint density at radius 3 is 2.58 bits per heavy atom. The van der Waals surface area contributed by atoms with Crippen LogP contribution in [0.25, 0.3) is 11.0 Å². The zero-order valence-corrected chi connectivity index (χ0v) is 19.7. The zero-order chi connectivity index (χ0) is 22.8. The van der Waals surface area contributed by atoms with Crippen LogP contribution in [0.4, 0.5) is 23.1 Å². The van der Waals surface area contributed by atoms with E-state index < -0.39 is 0 Å². The third kappa shape index (κ3) is 4.96. The van der Waals surface area contributed by atoms with Gasteiger partial charge in [-0.3, -0.25) is 14.9 Å². The van der Waals surface area contributed by atoms with Crippen LogP contribution in [0.5, 0.6) is 11.5 Å². The Balaban J connectivity index is 1.29. The molecule has 3 aromatic heterocycles. The van der Waals surface area contributed by atoms with Crippen molar-refractivity contribution in [2.24, 2.45) is 0 Å². The van der Waals surface area contributed by atoms with E-state index in [0.717, 1.165) is 45.7 Å². The molecule has 10 heteroatoms. The fraction of sp³-hybridized carbons (Fsp3) is 0.217. The molecule has 0 unspecified atom stereocenters. The van der Waals surface area contributed by atoms with Gasteiger partial charge < -0.3 is 20.1 Å². The molecule has 1 aliphatic heterocycles. The molecule has 2 N–H and O–H groups in total. The lowest BCUT2D eigenvalue weighted by molar-refractivity contribution is 0.0370. The van der Waals surface area contributed by atoms with E-state index in [4.69, 9.17) is 9.47 Å². The number of aromatic nitrogens is 4. The second-order valence-electron chi connectivity index (χ2n) is 7.76. The number of hydrogen-bond donors (Lipinski definition) is 2. The molecule has 0 bridgehead atoms. The number of benzene rings is 1. The summed E-state index contributed by atoms with van der Waals surface area (Å²) in [4.78, 5) is 19.9. The molecule has 1 aromatic carbocycles. The van der Waals surface area contributed by atoms with E-state index in [1.807, 2.05) is 30.3 Å². The average molecular weight is 508 g/mol. The lowest BCUT2D eigenvalue weighted by Gasteiger charge is -2.36. The van der Waals surface area contributed by atoms with Crippen molar-refractivity contribution in [1.82, 2.24) is 24.8 Å². The summed E-state index contributed by atoms with van der Waals surface area (Å²) < 4.78 is 12.4. The van der Waals surface area contributed by atoms with Gasteiger partial charge in [-0.15, -0.1) is 0 Å². The summed E-state index contributed by atoms with van der Waals surface area (Å²) in [5.41, 5.74) is 3.18. The van der Waals surface area contributed by atoms with Gasteiger partial charge in [-0.05, 0) is 53.3 Å². The van der Waals surface area contributed by atoms with Gasteiger partial charge in [0.05, 0.1) is 30.0 Å². The summed E-state index contributed by atoms with van der Waals surface area (Å²) in [5, 5.41) is 6.47. The molecule has 9 nitrogen and oxygen atoms in total. The molecule has 4 aromatic rings. The molecule has 0 aliphatic carbocycles. The molecular formula is C23H22BrN7O2. The molecule has 0 spiro atoms. The van der Waals surface area contributed by atoms with Crippen molar-refractivity contribution in [1.29, 1.82) is 0 Å². The van der Waals surface area contributed by atoms with Gasteiger partial charge in [-0.2, -0.15) is 4.98 Å². The number of likely N-dealkylation sites (tertiary alicyclic amines) is 1. The number of halogens is 1. The van der Waals surface area contributed by atoms with E-state index >= 15 is 0 Å². The lowest BCUT2D eigenvalue weighted by Crippen LogP contribution is -2.51. The first-order valence-electron chi connectivity index (χ1n) is 10.4. The van der Waals surface area contributed by atoms with Gasteiger partial charge in [0, 0.05) is 41.7 Å². The van der Waals surface area contributed by atoms with Crippen molar-refractivity contribution in [3.8, 4) is 11.5 Å². The van der Waals surface area contributed by atoms with Crippen LogP contribution in [0.2, 0.25) is 0 Å². The summed E-state index contributed by atoms with van der Waals surface area (Å²) in [6.07, 6.45) is 5.36. The maximum atomic E-state index is 6.02. The zero-order valence-electron chi connectivity index (χ0n) is 18.1. The maximum absolute atomic E-state index is 6.02. The third-order valence-electron chi connectivity index (χ3n) is 5.17. The largest absolute Gasteiger partial charge is 0.493 e. The van der Waals surface area contributed by atoms with Crippen LogP contribution in [0, 0.1) is 0 Å². The first-order chi connectivity index (χ1) is 16.1. The van der Waals surface area contributed by atoms with Gasteiger partial charge in [0.1, 0.15) is 11.9 Å². The number of methoxy groups -OCH3 is 1. The number of likely N-dealkylation sites (N-methyl/N-ethyl adjacent to an activating group) is 1. The van der Waals surface area contributed by atoms with Gasteiger partial charge in [0.25, 0.3) is 0 Å². The van der Waals surface area contributed by atoms with Crippen molar-refractivity contribution < 1.29 is 9.47 Å². The molecule has 168 valence electrons. The minimum Gasteiger partial charge on any atom is -0.493 e. The van der Waals surface area contributed by atoms with E-state index in [1.165, 1.54) is 0 Å². The number of rotatable bonds is 7. The first kappa shape index (κ1) is 21.4. The fourth-order valence-corrected chi connectivity index (χ4v) is 3.87. The monoisotopic (exact) mass is 507 g/mol. The highest BCUT2D eigenvalue weighted by Gasteiger charge is 2.25. The van der Waals surface area contributed by atoms with E-state index in [2.05, 4.69) is 58.4 Å². The first-order valence-corrected chi connectivity index (χ1v) is 11.2. The van der Waals surface area contributed by atoms with Crippen molar-refractivity contribution in [2.75, 3.05) is 37.9 Å². The fourth-order valence-electron chi connectivity index (χ4n) is 3.55. The van der Waals surface area contributed by atoms with Crippen LogP contribution in [0.15, 0.2) is 59.5 Å². The Labute approximate surface area is 199 Å². The van der Waals surface area contributed by atoms with Crippen LogP contribution in [0.3, 0.4) is 0 Å². The SMILES string of the molecule is COc1cc(Nc2nccc(Nc3cnc4cc(Br)cnc4c3)n2)ccc1OC1CN(C)C1. The second-order valence-corrected chi connectivity index (χ2v) is 8.67. The van der Waals surface area contributed by atoms with Crippen molar-refractivity contribution in [3.05, 3.63) is 59.5 Å². The van der Waals surface area contributed by atoms with Crippen LogP contribution in [-0.2, 0) is 0 Å². The predicted octanol–water partition coefficient (Wildman–Crippen LogP) is 4.37. The number of nitrogens with zero attached hydrogens (tertiary/aromatic N) is 5. The van der Waals surface area contributed by atoms with Gasteiger partial charge >= 0.3 is 0 Å². The Bertz CT molecular complexity index is 1300. The maximum Gasteiger partial charge on any atom is 0.229 e. The summed E-state index contributed by atoms with van der Waals surface area (Å²) in [6, 6.07) is 11.3. The molecule has 0 amide bonds. The van der Waals surface area contributed by atoms with E-state index in [1.54, 1.807) is 31.8 Å². The number of pyridine rings is 2.